The van der Waals surface area contributed by atoms with Gasteiger partial charge in [0.25, 0.3) is 0 Å². The van der Waals surface area contributed by atoms with Gasteiger partial charge in [-0.05, 0) is 31.2 Å². The second-order valence-electron chi connectivity index (χ2n) is 4.04. The number of nitrogens with one attached hydrogen (secondary N) is 1. The smallest absolute Gasteiger partial charge is 0.141 e. The van der Waals surface area contributed by atoms with Crippen LogP contribution < -0.4 is 5.32 Å². The van der Waals surface area contributed by atoms with E-state index in [1.807, 2.05) is 6.92 Å². The first kappa shape index (κ1) is 12.7. The van der Waals surface area contributed by atoms with E-state index in [1.54, 1.807) is 24.5 Å². The summed E-state index contributed by atoms with van der Waals surface area (Å²) in [4.78, 5) is 4.00. The van der Waals surface area contributed by atoms with Crippen molar-refractivity contribution in [1.29, 1.82) is 0 Å². The minimum absolute atomic E-state index is 0.0843. The molecule has 0 saturated carbocycles. The fourth-order valence-electron chi connectivity index (χ4n) is 1.74. The summed E-state index contributed by atoms with van der Waals surface area (Å²) in [5.41, 5.74) is 0.710. The first-order valence-corrected chi connectivity index (χ1v) is 5.72. The zero-order chi connectivity index (χ0) is 13.0. The van der Waals surface area contributed by atoms with E-state index >= 15 is 0 Å². The Morgan fingerprint density at radius 1 is 1.44 bits per heavy atom. The molecule has 2 rings (SSSR count). The van der Waals surface area contributed by atoms with Crippen molar-refractivity contribution in [1.82, 2.24) is 10.3 Å². The molecule has 2 unspecified atom stereocenters. The molecule has 0 radical (unpaired) electrons. The van der Waals surface area contributed by atoms with Crippen LogP contribution in [0.4, 0.5) is 4.39 Å². The molecule has 0 aliphatic carbocycles. The first-order chi connectivity index (χ1) is 8.70. The average Bonchev–Trinajstić information content (AvgIpc) is 2.90. The van der Waals surface area contributed by atoms with E-state index in [-0.39, 0.29) is 24.5 Å². The Hall–Kier alpha value is -1.72. The Balaban J connectivity index is 2.05. The maximum absolute atomic E-state index is 12.8. The Morgan fingerprint density at radius 3 is 2.83 bits per heavy atom. The molecule has 0 saturated heterocycles. The largest absolute Gasteiger partial charge is 0.468 e. The van der Waals surface area contributed by atoms with Gasteiger partial charge in [-0.25, -0.2) is 4.39 Å². The van der Waals surface area contributed by atoms with E-state index in [4.69, 9.17) is 4.42 Å². The number of pyridine rings is 1. The van der Waals surface area contributed by atoms with Crippen molar-refractivity contribution in [2.24, 2.45) is 0 Å². The second kappa shape index (κ2) is 5.75. The van der Waals surface area contributed by atoms with Crippen molar-refractivity contribution in [2.75, 3.05) is 6.61 Å². The van der Waals surface area contributed by atoms with Crippen LogP contribution in [0.15, 0.2) is 41.1 Å². The summed E-state index contributed by atoms with van der Waals surface area (Å²) in [5.74, 6) is 0.294. The highest BCUT2D eigenvalue weighted by molar-refractivity contribution is 5.11. The summed E-state index contributed by atoms with van der Waals surface area (Å²) in [7, 11) is 0. The van der Waals surface area contributed by atoms with E-state index in [0.29, 0.717) is 11.5 Å². The molecule has 0 bridgehead atoms. The lowest BCUT2D eigenvalue weighted by atomic mass is 10.1. The number of aliphatic hydroxyl groups excluding tert-OH is 1. The van der Waals surface area contributed by atoms with Crippen molar-refractivity contribution in [2.45, 2.75) is 19.0 Å². The normalized spacial score (nSPS) is 14.4. The van der Waals surface area contributed by atoms with Gasteiger partial charge in [-0.3, -0.25) is 10.3 Å². The summed E-state index contributed by atoms with van der Waals surface area (Å²) in [5, 5.41) is 12.5. The molecular formula is C13H15FN2O2. The lowest BCUT2D eigenvalue weighted by Crippen LogP contribution is -2.27. The third-order valence-electron chi connectivity index (χ3n) is 2.71. The maximum Gasteiger partial charge on any atom is 0.141 e. The maximum atomic E-state index is 12.8. The number of aromatic nitrogens is 1. The number of furan rings is 1. The van der Waals surface area contributed by atoms with Gasteiger partial charge in [-0.1, -0.05) is 0 Å². The molecule has 0 aliphatic rings. The van der Waals surface area contributed by atoms with Crippen molar-refractivity contribution in [3.8, 4) is 0 Å². The van der Waals surface area contributed by atoms with E-state index in [0.717, 1.165) is 0 Å². The van der Waals surface area contributed by atoms with Gasteiger partial charge in [-0.15, -0.1) is 0 Å². The van der Waals surface area contributed by atoms with Gasteiger partial charge in [-0.2, -0.15) is 0 Å². The Bertz CT molecular complexity index is 470. The van der Waals surface area contributed by atoms with Gasteiger partial charge in [0.05, 0.1) is 30.8 Å². The minimum atomic E-state index is -0.365. The summed E-state index contributed by atoms with van der Waals surface area (Å²) >= 11 is 0. The number of aliphatic hydroxyl groups is 1. The van der Waals surface area contributed by atoms with Gasteiger partial charge >= 0.3 is 0 Å². The minimum Gasteiger partial charge on any atom is -0.468 e. The zero-order valence-corrected chi connectivity index (χ0v) is 10.0. The third kappa shape index (κ3) is 2.94. The molecule has 96 valence electrons. The van der Waals surface area contributed by atoms with Gasteiger partial charge in [0.2, 0.25) is 0 Å². The SMILES string of the molecule is CC(NC(CO)c1ccco1)c1ccc(F)cn1. The van der Waals surface area contributed by atoms with Gasteiger partial charge in [0, 0.05) is 6.04 Å². The van der Waals surface area contributed by atoms with Crippen LogP contribution in [0.2, 0.25) is 0 Å². The number of hydrogen-bond acceptors (Lipinski definition) is 4. The summed E-state index contributed by atoms with van der Waals surface area (Å²) < 4.78 is 18.0. The molecule has 0 aromatic carbocycles. The number of hydrogen-bond donors (Lipinski definition) is 2. The fraction of sp³-hybridized carbons (Fsp3) is 0.308. The topological polar surface area (TPSA) is 58.3 Å². The predicted octanol–water partition coefficient (Wildman–Crippen LogP) is 2.20. The van der Waals surface area contributed by atoms with Crippen LogP contribution in [-0.4, -0.2) is 16.7 Å². The zero-order valence-electron chi connectivity index (χ0n) is 10.0. The molecule has 2 heterocycles. The Labute approximate surface area is 104 Å². The van der Waals surface area contributed by atoms with Gasteiger partial charge in [0.15, 0.2) is 0 Å². The fourth-order valence-corrected chi connectivity index (χ4v) is 1.74. The van der Waals surface area contributed by atoms with Crippen LogP contribution >= 0.6 is 0 Å². The predicted molar refractivity (Wildman–Crippen MR) is 64.3 cm³/mol. The van der Waals surface area contributed by atoms with Crippen LogP contribution in [0, 0.1) is 5.82 Å². The molecule has 2 atom stereocenters. The van der Waals surface area contributed by atoms with Crippen LogP contribution in [-0.2, 0) is 0 Å². The number of rotatable bonds is 5. The van der Waals surface area contributed by atoms with E-state index in [2.05, 4.69) is 10.3 Å². The number of nitrogens with zero attached hydrogens (tertiary/aromatic N) is 1. The lowest BCUT2D eigenvalue weighted by molar-refractivity contribution is 0.216. The summed E-state index contributed by atoms with van der Waals surface area (Å²) in [6.45, 7) is 1.81. The average molecular weight is 250 g/mol. The monoisotopic (exact) mass is 250 g/mol. The second-order valence-corrected chi connectivity index (χ2v) is 4.04. The molecule has 2 aromatic heterocycles. The van der Waals surface area contributed by atoms with Crippen LogP contribution in [0.3, 0.4) is 0 Å². The van der Waals surface area contributed by atoms with Crippen molar-refractivity contribution >= 4 is 0 Å². The molecule has 5 heteroatoms. The van der Waals surface area contributed by atoms with Crippen LogP contribution in [0.25, 0.3) is 0 Å². The van der Waals surface area contributed by atoms with Gasteiger partial charge < -0.3 is 9.52 Å². The quantitative estimate of drug-likeness (QED) is 0.854. The summed E-state index contributed by atoms with van der Waals surface area (Å²) in [6.07, 6.45) is 2.73. The Morgan fingerprint density at radius 2 is 2.28 bits per heavy atom. The molecule has 2 aromatic rings. The molecule has 0 aliphatic heterocycles. The Kier molecular flexibility index (Phi) is 4.07. The highest BCUT2D eigenvalue weighted by Crippen LogP contribution is 2.18. The van der Waals surface area contributed by atoms with Crippen molar-refractivity contribution in [3.05, 3.63) is 54.0 Å². The molecule has 4 nitrogen and oxygen atoms in total. The summed E-state index contributed by atoms with van der Waals surface area (Å²) in [6, 6.07) is 6.11. The van der Waals surface area contributed by atoms with Crippen molar-refractivity contribution < 1.29 is 13.9 Å². The number of halogens is 1. The van der Waals surface area contributed by atoms with Crippen molar-refractivity contribution in [3.63, 3.8) is 0 Å². The molecule has 0 fully saturated rings. The van der Waals surface area contributed by atoms with E-state index < -0.39 is 0 Å². The lowest BCUT2D eigenvalue weighted by Gasteiger charge is -2.19. The highest BCUT2D eigenvalue weighted by atomic mass is 19.1. The van der Waals surface area contributed by atoms with Crippen LogP contribution in [0.5, 0.6) is 0 Å². The van der Waals surface area contributed by atoms with E-state index in [1.165, 1.54) is 12.3 Å². The van der Waals surface area contributed by atoms with Gasteiger partial charge in [0.1, 0.15) is 11.6 Å². The van der Waals surface area contributed by atoms with Crippen LogP contribution in [0.1, 0.15) is 30.5 Å². The first-order valence-electron chi connectivity index (χ1n) is 5.72. The standard InChI is InChI=1S/C13H15FN2O2/c1-9(11-5-4-10(14)7-15-11)16-12(8-17)13-3-2-6-18-13/h2-7,9,12,16-17H,8H2,1H3. The molecule has 0 amide bonds. The third-order valence-corrected chi connectivity index (χ3v) is 2.71. The van der Waals surface area contributed by atoms with E-state index in [9.17, 15) is 9.50 Å². The molecule has 0 spiro atoms. The molecule has 2 N–H and O–H groups in total. The highest BCUT2D eigenvalue weighted by Gasteiger charge is 2.17. The molecular weight excluding hydrogens is 235 g/mol. The molecule has 18 heavy (non-hydrogen) atoms.